The second-order valence-corrected chi connectivity index (χ2v) is 5.21. The number of aryl methyl sites for hydroxylation is 1. The van der Waals surface area contributed by atoms with Crippen LogP contribution in [0, 0.1) is 6.92 Å². The maximum Gasteiger partial charge on any atom is 0.170 e. The molecule has 1 nitrogen and oxygen atoms in total. The van der Waals surface area contributed by atoms with Gasteiger partial charge in [0, 0.05) is 4.88 Å². The summed E-state index contributed by atoms with van der Waals surface area (Å²) in [5.41, 5.74) is 1.18. The van der Waals surface area contributed by atoms with Crippen molar-refractivity contribution >= 4 is 50.7 Å². The lowest BCUT2D eigenvalue weighted by Gasteiger charge is -1.83. The van der Waals surface area contributed by atoms with E-state index in [9.17, 15) is 4.79 Å². The van der Waals surface area contributed by atoms with Gasteiger partial charge in [-0.2, -0.15) is 0 Å². The van der Waals surface area contributed by atoms with Crippen molar-refractivity contribution < 1.29 is 4.79 Å². The van der Waals surface area contributed by atoms with Crippen LogP contribution >= 0.6 is 38.9 Å². The van der Waals surface area contributed by atoms with E-state index in [4.69, 9.17) is 11.6 Å². The van der Waals surface area contributed by atoms with E-state index in [0.717, 1.165) is 8.66 Å². The standard InChI is InChI=1S/C9H8BrClOS/c1-6-4-8(13-9(6)10)3-2-7(12)5-11/h2-4H,5H2,1H3. The largest absolute Gasteiger partial charge is 0.294 e. The number of ketones is 1. The molecule has 0 N–H and O–H groups in total. The molecule has 0 bridgehead atoms. The van der Waals surface area contributed by atoms with Gasteiger partial charge >= 0.3 is 0 Å². The van der Waals surface area contributed by atoms with Crippen LogP contribution in [-0.2, 0) is 4.79 Å². The highest BCUT2D eigenvalue weighted by atomic mass is 79.9. The molecule has 0 saturated heterocycles. The lowest BCUT2D eigenvalue weighted by atomic mass is 10.3. The number of rotatable bonds is 3. The van der Waals surface area contributed by atoms with Gasteiger partial charge in [0.15, 0.2) is 5.78 Å². The Hall–Kier alpha value is -0.120. The highest BCUT2D eigenvalue weighted by Crippen LogP contribution is 2.27. The van der Waals surface area contributed by atoms with E-state index in [1.807, 2.05) is 13.0 Å². The molecule has 4 heteroatoms. The Labute approximate surface area is 94.5 Å². The van der Waals surface area contributed by atoms with E-state index in [2.05, 4.69) is 15.9 Å². The molecule has 1 aromatic rings. The smallest absolute Gasteiger partial charge is 0.170 e. The number of hydrogen-bond donors (Lipinski definition) is 0. The van der Waals surface area contributed by atoms with Gasteiger partial charge in [-0.25, -0.2) is 0 Å². The van der Waals surface area contributed by atoms with E-state index >= 15 is 0 Å². The molecule has 0 radical (unpaired) electrons. The van der Waals surface area contributed by atoms with Crippen LogP contribution in [0.25, 0.3) is 6.08 Å². The lowest BCUT2D eigenvalue weighted by Crippen LogP contribution is -1.91. The van der Waals surface area contributed by atoms with Crippen molar-refractivity contribution in [2.75, 3.05) is 5.88 Å². The van der Waals surface area contributed by atoms with Crippen LogP contribution in [0.15, 0.2) is 15.9 Å². The van der Waals surface area contributed by atoms with E-state index in [1.54, 1.807) is 17.4 Å². The summed E-state index contributed by atoms with van der Waals surface area (Å²) in [6.07, 6.45) is 3.29. The molecule has 13 heavy (non-hydrogen) atoms. The van der Waals surface area contributed by atoms with Crippen LogP contribution in [0.3, 0.4) is 0 Å². The first-order valence-corrected chi connectivity index (χ1v) is 5.80. The quantitative estimate of drug-likeness (QED) is 0.610. The van der Waals surface area contributed by atoms with Gasteiger partial charge in [0.25, 0.3) is 0 Å². The van der Waals surface area contributed by atoms with Crippen molar-refractivity contribution in [3.05, 3.63) is 26.4 Å². The molecule has 70 valence electrons. The maximum absolute atomic E-state index is 10.9. The third kappa shape index (κ3) is 3.25. The molecule has 0 fully saturated rings. The summed E-state index contributed by atoms with van der Waals surface area (Å²) in [4.78, 5) is 11.9. The number of hydrogen-bond acceptors (Lipinski definition) is 2. The molecule has 0 aliphatic carbocycles. The average molecular weight is 280 g/mol. The average Bonchev–Trinajstić information content (AvgIpc) is 2.42. The lowest BCUT2D eigenvalue weighted by molar-refractivity contribution is -0.112. The van der Waals surface area contributed by atoms with Gasteiger partial charge in [0.2, 0.25) is 0 Å². The van der Waals surface area contributed by atoms with E-state index in [-0.39, 0.29) is 11.7 Å². The van der Waals surface area contributed by atoms with Crippen LogP contribution in [-0.4, -0.2) is 11.7 Å². The minimum Gasteiger partial charge on any atom is -0.294 e. The highest BCUT2D eigenvalue weighted by molar-refractivity contribution is 9.11. The van der Waals surface area contributed by atoms with Crippen molar-refractivity contribution in [1.82, 2.24) is 0 Å². The zero-order valence-corrected chi connectivity index (χ0v) is 10.2. The number of carbonyl (C=O) groups is 1. The van der Waals surface area contributed by atoms with Gasteiger partial charge in [-0.15, -0.1) is 22.9 Å². The van der Waals surface area contributed by atoms with Crippen LogP contribution in [0.1, 0.15) is 10.4 Å². The number of alkyl halides is 1. The number of thiophene rings is 1. The summed E-state index contributed by atoms with van der Waals surface area (Å²) in [6, 6.07) is 2.02. The Morgan fingerprint density at radius 3 is 2.92 bits per heavy atom. The Balaban J connectivity index is 2.74. The Morgan fingerprint density at radius 2 is 2.46 bits per heavy atom. The van der Waals surface area contributed by atoms with E-state index < -0.39 is 0 Å². The predicted molar refractivity (Wildman–Crippen MR) is 61.5 cm³/mol. The summed E-state index contributed by atoms with van der Waals surface area (Å²) in [7, 11) is 0. The molecule has 0 atom stereocenters. The van der Waals surface area contributed by atoms with E-state index in [0.29, 0.717) is 0 Å². The van der Waals surface area contributed by atoms with Crippen molar-refractivity contribution in [3.63, 3.8) is 0 Å². The molecular weight excluding hydrogens is 272 g/mol. The molecule has 1 heterocycles. The fourth-order valence-corrected chi connectivity index (χ4v) is 2.35. The molecule has 1 rings (SSSR count). The molecule has 0 amide bonds. The third-order valence-corrected chi connectivity index (χ3v) is 3.81. The van der Waals surface area contributed by atoms with Crippen molar-refractivity contribution in [2.24, 2.45) is 0 Å². The first-order valence-electron chi connectivity index (χ1n) is 3.66. The molecule has 0 unspecified atom stereocenters. The van der Waals surface area contributed by atoms with Crippen LogP contribution in [0.4, 0.5) is 0 Å². The highest BCUT2D eigenvalue weighted by Gasteiger charge is 1.99. The van der Waals surface area contributed by atoms with Crippen molar-refractivity contribution in [1.29, 1.82) is 0 Å². The molecule has 0 aliphatic heterocycles. The summed E-state index contributed by atoms with van der Waals surface area (Å²) in [6.45, 7) is 2.02. The Morgan fingerprint density at radius 1 is 1.77 bits per heavy atom. The number of allylic oxidation sites excluding steroid dienone is 1. The van der Waals surface area contributed by atoms with Crippen molar-refractivity contribution in [2.45, 2.75) is 6.92 Å². The third-order valence-electron chi connectivity index (χ3n) is 1.44. The van der Waals surface area contributed by atoms with Gasteiger partial charge < -0.3 is 0 Å². The summed E-state index contributed by atoms with van der Waals surface area (Å²) < 4.78 is 1.10. The molecule has 0 spiro atoms. The van der Waals surface area contributed by atoms with Crippen LogP contribution < -0.4 is 0 Å². The first kappa shape index (κ1) is 11.0. The molecule has 1 aromatic heterocycles. The SMILES string of the molecule is Cc1cc(C=CC(=O)CCl)sc1Br. The monoisotopic (exact) mass is 278 g/mol. The Kier molecular flexibility index (Phi) is 4.16. The first-order chi connectivity index (χ1) is 6.13. The normalized spacial score (nSPS) is 11.0. The van der Waals surface area contributed by atoms with Gasteiger partial charge in [0.1, 0.15) is 0 Å². The molecule has 0 aliphatic rings. The summed E-state index contributed by atoms with van der Waals surface area (Å²) in [5.74, 6) is -0.0222. The second kappa shape index (κ2) is 4.94. The maximum atomic E-state index is 10.9. The molecule has 0 aromatic carbocycles. The van der Waals surface area contributed by atoms with Gasteiger partial charge in [-0.1, -0.05) is 0 Å². The van der Waals surface area contributed by atoms with Gasteiger partial charge in [0.05, 0.1) is 9.67 Å². The second-order valence-electron chi connectivity index (χ2n) is 2.54. The van der Waals surface area contributed by atoms with Gasteiger partial charge in [-0.3, -0.25) is 4.79 Å². The van der Waals surface area contributed by atoms with Crippen LogP contribution in [0.2, 0.25) is 0 Å². The molecular formula is C9H8BrClOS. The topological polar surface area (TPSA) is 17.1 Å². The molecule has 0 saturated carbocycles. The summed E-state index contributed by atoms with van der Waals surface area (Å²) >= 11 is 10.4. The van der Waals surface area contributed by atoms with Crippen molar-refractivity contribution in [3.8, 4) is 0 Å². The summed E-state index contributed by atoms with van der Waals surface area (Å²) in [5, 5.41) is 0. The van der Waals surface area contributed by atoms with Gasteiger partial charge in [-0.05, 0) is 46.6 Å². The fraction of sp³-hybridized carbons (Fsp3) is 0.222. The minimum atomic E-state index is -0.0659. The fourth-order valence-electron chi connectivity index (χ4n) is 0.785. The van der Waals surface area contributed by atoms with Crippen LogP contribution in [0.5, 0.6) is 0 Å². The zero-order valence-electron chi connectivity index (χ0n) is 7.01. The minimum absolute atomic E-state index is 0.0437. The Bertz CT molecular complexity index is 324. The number of halogens is 2. The number of carbonyl (C=O) groups excluding carboxylic acids is 1. The van der Waals surface area contributed by atoms with E-state index in [1.165, 1.54) is 11.6 Å². The zero-order chi connectivity index (χ0) is 9.84. The predicted octanol–water partition coefficient (Wildman–Crippen LogP) is 3.64.